The minimum absolute atomic E-state index is 0.0557. The van der Waals surface area contributed by atoms with Gasteiger partial charge in [0.1, 0.15) is 11.6 Å². The first-order valence-electron chi connectivity index (χ1n) is 7.52. The van der Waals surface area contributed by atoms with E-state index in [9.17, 15) is 14.0 Å². The zero-order chi connectivity index (χ0) is 17.3. The molecule has 0 saturated heterocycles. The molecule has 0 fully saturated rings. The third-order valence-electron chi connectivity index (χ3n) is 3.72. The molecule has 3 rings (SSSR count). The number of aromatic nitrogens is 2. The molecule has 2 aromatic rings. The first-order chi connectivity index (χ1) is 11.5. The fourth-order valence-electron chi connectivity index (χ4n) is 2.71. The molecule has 1 aliphatic heterocycles. The van der Waals surface area contributed by atoms with E-state index in [0.29, 0.717) is 5.16 Å². The highest BCUT2D eigenvalue weighted by Crippen LogP contribution is 2.38. The Bertz CT molecular complexity index is 835. The lowest BCUT2D eigenvalue weighted by Gasteiger charge is -2.25. The number of nitrogens with one attached hydrogen (secondary N) is 2. The Balaban J connectivity index is 2.13. The van der Waals surface area contributed by atoms with E-state index < -0.39 is 11.7 Å². The summed E-state index contributed by atoms with van der Waals surface area (Å²) >= 11 is 7.51. The molecular formula is C16H15ClFN3O2S. The predicted molar refractivity (Wildman–Crippen MR) is 92.4 cm³/mol. The highest BCUT2D eigenvalue weighted by atomic mass is 35.5. The Morgan fingerprint density at radius 2 is 2.17 bits per heavy atom. The summed E-state index contributed by atoms with van der Waals surface area (Å²) in [6, 6.07) is 4.29. The van der Waals surface area contributed by atoms with Crippen molar-refractivity contribution in [3.05, 3.63) is 50.5 Å². The molecule has 0 bridgehead atoms. The van der Waals surface area contributed by atoms with E-state index in [2.05, 4.69) is 15.3 Å². The third-order valence-corrected chi connectivity index (χ3v) is 5.13. The van der Waals surface area contributed by atoms with Gasteiger partial charge in [0.15, 0.2) is 5.16 Å². The number of H-pyrrole nitrogens is 1. The zero-order valence-electron chi connectivity index (χ0n) is 12.9. The van der Waals surface area contributed by atoms with Gasteiger partial charge < -0.3 is 10.3 Å². The molecule has 2 heterocycles. The molecule has 1 amide bonds. The summed E-state index contributed by atoms with van der Waals surface area (Å²) in [6.07, 6.45) is 0.866. The van der Waals surface area contributed by atoms with Crippen LogP contribution < -0.4 is 10.9 Å². The standard InChI is InChI=1S/C16H15ClFN3O2S/c1-2-6-24-16-20-14-13(15(23)21-16)8(7-11(22)19-14)12-9(17)4-3-5-10(12)18/h3-5,8H,2,6-7H2,1H3,(H2,19,20,21,22,23)/t8-/m1/s1. The number of carbonyl (C=O) groups is 1. The molecule has 126 valence electrons. The van der Waals surface area contributed by atoms with Crippen molar-refractivity contribution >= 4 is 35.1 Å². The number of hydrogen-bond donors (Lipinski definition) is 2. The van der Waals surface area contributed by atoms with Crippen LogP contribution in [0.1, 0.15) is 36.8 Å². The number of halogens is 2. The lowest BCUT2D eigenvalue weighted by Crippen LogP contribution is -2.31. The van der Waals surface area contributed by atoms with Crippen molar-refractivity contribution in [3.63, 3.8) is 0 Å². The van der Waals surface area contributed by atoms with Crippen LogP contribution in [0, 0.1) is 5.82 Å². The van der Waals surface area contributed by atoms with Gasteiger partial charge in [0.25, 0.3) is 5.56 Å². The van der Waals surface area contributed by atoms with Gasteiger partial charge in [-0.3, -0.25) is 9.59 Å². The van der Waals surface area contributed by atoms with Gasteiger partial charge in [-0.05, 0) is 18.6 Å². The van der Waals surface area contributed by atoms with Crippen LogP contribution in [0.3, 0.4) is 0 Å². The molecule has 1 aromatic heterocycles. The van der Waals surface area contributed by atoms with Gasteiger partial charge in [-0.15, -0.1) is 0 Å². The van der Waals surface area contributed by atoms with Gasteiger partial charge in [0.2, 0.25) is 5.91 Å². The number of carbonyl (C=O) groups excluding carboxylic acids is 1. The first-order valence-corrected chi connectivity index (χ1v) is 8.88. The van der Waals surface area contributed by atoms with Crippen molar-refractivity contribution in [2.45, 2.75) is 30.8 Å². The quantitative estimate of drug-likeness (QED) is 0.640. The largest absolute Gasteiger partial charge is 0.310 e. The second-order valence-electron chi connectivity index (χ2n) is 5.42. The van der Waals surface area contributed by atoms with Gasteiger partial charge in [0.05, 0.1) is 5.56 Å². The number of aromatic amines is 1. The van der Waals surface area contributed by atoms with Gasteiger partial charge in [-0.2, -0.15) is 0 Å². The first kappa shape index (κ1) is 17.0. The Hall–Kier alpha value is -1.86. The van der Waals surface area contributed by atoms with Gasteiger partial charge in [0, 0.05) is 28.7 Å². The average molecular weight is 368 g/mol. The molecular weight excluding hydrogens is 353 g/mol. The number of rotatable bonds is 4. The molecule has 0 radical (unpaired) electrons. The summed E-state index contributed by atoms with van der Waals surface area (Å²) in [5.41, 5.74) is 0.00176. The smallest absolute Gasteiger partial charge is 0.257 e. The van der Waals surface area contributed by atoms with Crippen LogP contribution in [-0.2, 0) is 4.79 Å². The number of amides is 1. The number of benzene rings is 1. The molecule has 0 spiro atoms. The SMILES string of the molecule is CCCSc1nc2c(c(=O)[nH]1)[C@@H](c1c(F)cccc1Cl)CC(=O)N2. The average Bonchev–Trinajstić information content (AvgIpc) is 2.52. The Labute approximate surface area is 147 Å². The highest BCUT2D eigenvalue weighted by Gasteiger charge is 2.33. The molecule has 5 nitrogen and oxygen atoms in total. The number of thioether (sulfide) groups is 1. The molecule has 24 heavy (non-hydrogen) atoms. The van der Waals surface area contributed by atoms with Crippen molar-refractivity contribution < 1.29 is 9.18 Å². The Morgan fingerprint density at radius 3 is 2.88 bits per heavy atom. The van der Waals surface area contributed by atoms with Crippen molar-refractivity contribution in [1.29, 1.82) is 0 Å². The summed E-state index contributed by atoms with van der Waals surface area (Å²) in [4.78, 5) is 31.6. The minimum Gasteiger partial charge on any atom is -0.310 e. The zero-order valence-corrected chi connectivity index (χ0v) is 14.4. The fraction of sp³-hybridized carbons (Fsp3) is 0.312. The maximum absolute atomic E-state index is 14.3. The molecule has 8 heteroatoms. The molecule has 0 aliphatic carbocycles. The number of hydrogen-bond acceptors (Lipinski definition) is 4. The van der Waals surface area contributed by atoms with Crippen LogP contribution in [0.5, 0.6) is 0 Å². The number of nitrogens with zero attached hydrogens (tertiary/aromatic N) is 1. The molecule has 2 N–H and O–H groups in total. The van der Waals surface area contributed by atoms with Crippen molar-refractivity contribution in [1.82, 2.24) is 9.97 Å². The third kappa shape index (κ3) is 3.18. The predicted octanol–water partition coefficient (Wildman–Crippen LogP) is 3.54. The van der Waals surface area contributed by atoms with E-state index in [1.165, 1.54) is 23.9 Å². The number of fused-ring (bicyclic) bond motifs is 1. The van der Waals surface area contributed by atoms with E-state index in [1.54, 1.807) is 6.07 Å². The summed E-state index contributed by atoms with van der Waals surface area (Å²) in [5, 5.41) is 3.22. The van der Waals surface area contributed by atoms with Gasteiger partial charge >= 0.3 is 0 Å². The van der Waals surface area contributed by atoms with Crippen LogP contribution in [0.4, 0.5) is 10.2 Å². The maximum atomic E-state index is 14.3. The minimum atomic E-state index is -0.760. The summed E-state index contributed by atoms with van der Waals surface area (Å²) in [5.74, 6) is -0.659. The fourth-order valence-corrected chi connectivity index (χ4v) is 3.72. The second-order valence-corrected chi connectivity index (χ2v) is 6.91. The van der Waals surface area contributed by atoms with Crippen molar-refractivity contribution in [2.24, 2.45) is 0 Å². The molecule has 1 atom stereocenters. The van der Waals surface area contributed by atoms with Crippen LogP contribution >= 0.6 is 23.4 Å². The monoisotopic (exact) mass is 367 g/mol. The van der Waals surface area contributed by atoms with Gasteiger partial charge in [-0.1, -0.05) is 36.4 Å². The normalized spacial score (nSPS) is 16.6. The van der Waals surface area contributed by atoms with Crippen LogP contribution in [-0.4, -0.2) is 21.6 Å². The Kier molecular flexibility index (Phi) is 4.91. The molecule has 0 unspecified atom stereocenters. The maximum Gasteiger partial charge on any atom is 0.257 e. The summed E-state index contributed by atoms with van der Waals surface area (Å²) in [7, 11) is 0. The van der Waals surface area contributed by atoms with E-state index in [0.717, 1.165) is 12.2 Å². The van der Waals surface area contributed by atoms with E-state index >= 15 is 0 Å². The van der Waals surface area contributed by atoms with Crippen LogP contribution in [0.25, 0.3) is 0 Å². The molecule has 0 saturated carbocycles. The summed E-state index contributed by atoms with van der Waals surface area (Å²) < 4.78 is 14.3. The lowest BCUT2D eigenvalue weighted by molar-refractivity contribution is -0.116. The van der Waals surface area contributed by atoms with Crippen LogP contribution in [0.2, 0.25) is 5.02 Å². The highest BCUT2D eigenvalue weighted by molar-refractivity contribution is 7.99. The van der Waals surface area contributed by atoms with E-state index in [4.69, 9.17) is 11.6 Å². The second kappa shape index (κ2) is 6.94. The Morgan fingerprint density at radius 1 is 1.38 bits per heavy atom. The number of anilines is 1. The van der Waals surface area contributed by atoms with Crippen molar-refractivity contribution in [3.8, 4) is 0 Å². The van der Waals surface area contributed by atoms with Gasteiger partial charge in [-0.25, -0.2) is 9.37 Å². The topological polar surface area (TPSA) is 74.8 Å². The lowest BCUT2D eigenvalue weighted by atomic mass is 9.86. The molecule has 1 aromatic carbocycles. The van der Waals surface area contributed by atoms with Crippen LogP contribution in [0.15, 0.2) is 28.2 Å². The molecule has 1 aliphatic rings. The van der Waals surface area contributed by atoms with E-state index in [1.807, 2.05) is 6.92 Å². The summed E-state index contributed by atoms with van der Waals surface area (Å²) in [6.45, 7) is 2.02. The van der Waals surface area contributed by atoms with E-state index in [-0.39, 0.29) is 39.9 Å². The van der Waals surface area contributed by atoms with Crippen molar-refractivity contribution in [2.75, 3.05) is 11.1 Å².